The minimum atomic E-state index is -0.740. The van der Waals surface area contributed by atoms with Crippen LogP contribution in [0.2, 0.25) is 0 Å². The van der Waals surface area contributed by atoms with E-state index in [4.69, 9.17) is 4.74 Å². The van der Waals surface area contributed by atoms with Crippen LogP contribution in [0.25, 0.3) is 0 Å². The summed E-state index contributed by atoms with van der Waals surface area (Å²) in [5.41, 5.74) is 1.61. The van der Waals surface area contributed by atoms with Crippen LogP contribution in [-0.4, -0.2) is 45.5 Å². The lowest BCUT2D eigenvalue weighted by molar-refractivity contribution is -0.0168. The van der Waals surface area contributed by atoms with Crippen molar-refractivity contribution in [2.45, 2.75) is 38.3 Å². The van der Waals surface area contributed by atoms with Gasteiger partial charge in [-0.05, 0) is 44.9 Å². The van der Waals surface area contributed by atoms with E-state index >= 15 is 0 Å². The van der Waals surface area contributed by atoms with Crippen LogP contribution >= 0.6 is 0 Å². The third-order valence-electron chi connectivity index (χ3n) is 4.59. The fourth-order valence-electron chi connectivity index (χ4n) is 3.05. The fraction of sp³-hybridized carbons (Fsp3) is 0.500. The molecule has 23 heavy (non-hydrogen) atoms. The molecule has 0 radical (unpaired) electrons. The van der Waals surface area contributed by atoms with E-state index < -0.39 is 5.60 Å². The van der Waals surface area contributed by atoms with Crippen LogP contribution in [0.15, 0.2) is 36.5 Å². The van der Waals surface area contributed by atoms with Gasteiger partial charge in [0.2, 0.25) is 0 Å². The average molecular weight is 315 g/mol. The first-order chi connectivity index (χ1) is 11.1. The molecule has 124 valence electrons. The quantitative estimate of drug-likeness (QED) is 0.890. The Kier molecular flexibility index (Phi) is 4.98. The van der Waals surface area contributed by atoms with Gasteiger partial charge in [-0.15, -0.1) is 0 Å². The first-order valence-electron chi connectivity index (χ1n) is 8.26. The Morgan fingerprint density at radius 3 is 2.83 bits per heavy atom. The summed E-state index contributed by atoms with van der Waals surface area (Å²) in [5, 5.41) is 17.9. The molecule has 1 aromatic carbocycles. The summed E-state index contributed by atoms with van der Waals surface area (Å²) in [7, 11) is 0. The first-order valence-corrected chi connectivity index (χ1v) is 8.26. The van der Waals surface area contributed by atoms with E-state index in [1.54, 1.807) is 0 Å². The number of hydrogen-bond acceptors (Lipinski definition) is 4. The molecule has 2 heterocycles. The molecule has 1 aromatic heterocycles. The molecule has 0 bridgehead atoms. The fourth-order valence-corrected chi connectivity index (χ4v) is 3.05. The van der Waals surface area contributed by atoms with E-state index in [0.717, 1.165) is 50.3 Å². The lowest BCUT2D eigenvalue weighted by Gasteiger charge is -2.27. The maximum absolute atomic E-state index is 10.8. The number of para-hydroxylation sites is 1. The Bertz CT molecular complexity index is 614. The number of benzene rings is 1. The normalized spacial score (nSPS) is 22.7. The average Bonchev–Trinajstić information content (AvgIpc) is 2.86. The van der Waals surface area contributed by atoms with Gasteiger partial charge in [0.25, 0.3) is 0 Å². The Morgan fingerprint density at radius 2 is 2.09 bits per heavy atom. The second kappa shape index (κ2) is 7.15. The van der Waals surface area contributed by atoms with Gasteiger partial charge in [0.15, 0.2) is 0 Å². The van der Waals surface area contributed by atoms with Crippen molar-refractivity contribution in [3.63, 3.8) is 0 Å². The number of nitrogens with one attached hydrogen (secondary N) is 1. The third-order valence-corrected chi connectivity index (χ3v) is 4.59. The van der Waals surface area contributed by atoms with Crippen LogP contribution in [-0.2, 0) is 6.54 Å². The second-order valence-electron chi connectivity index (χ2n) is 6.48. The zero-order chi connectivity index (χ0) is 16.1. The van der Waals surface area contributed by atoms with Gasteiger partial charge in [0.05, 0.1) is 11.8 Å². The van der Waals surface area contributed by atoms with Crippen LogP contribution in [0.4, 0.5) is 0 Å². The molecule has 5 nitrogen and oxygen atoms in total. The topological polar surface area (TPSA) is 61.4 Å². The minimum Gasteiger partial charge on any atom is -0.491 e. The van der Waals surface area contributed by atoms with Gasteiger partial charge >= 0.3 is 0 Å². The summed E-state index contributed by atoms with van der Waals surface area (Å²) in [6, 6.07) is 9.70. The van der Waals surface area contributed by atoms with E-state index in [1.165, 1.54) is 5.56 Å². The zero-order valence-electron chi connectivity index (χ0n) is 13.7. The highest BCUT2D eigenvalue weighted by molar-refractivity contribution is 5.21. The van der Waals surface area contributed by atoms with Crippen molar-refractivity contribution in [2.24, 2.45) is 0 Å². The number of aliphatic hydroxyl groups is 1. The van der Waals surface area contributed by atoms with Crippen molar-refractivity contribution in [1.82, 2.24) is 15.1 Å². The minimum absolute atomic E-state index is 0.357. The number of H-pyrrole nitrogens is 1. The number of ether oxygens (including phenoxy) is 1. The van der Waals surface area contributed by atoms with E-state index in [1.807, 2.05) is 43.5 Å². The largest absolute Gasteiger partial charge is 0.491 e. The van der Waals surface area contributed by atoms with Gasteiger partial charge in [-0.2, -0.15) is 5.10 Å². The molecule has 1 aliphatic rings. The van der Waals surface area contributed by atoms with Crippen molar-refractivity contribution in [1.29, 1.82) is 0 Å². The number of aromatic amines is 1. The van der Waals surface area contributed by atoms with E-state index in [-0.39, 0.29) is 0 Å². The van der Waals surface area contributed by atoms with Gasteiger partial charge in [-0.3, -0.25) is 10.00 Å². The number of nitrogens with zero attached hydrogens (tertiary/aromatic N) is 2. The summed E-state index contributed by atoms with van der Waals surface area (Å²) in [6.45, 7) is 5.16. The van der Waals surface area contributed by atoms with Gasteiger partial charge in [-0.1, -0.05) is 18.2 Å². The van der Waals surface area contributed by atoms with E-state index in [9.17, 15) is 5.11 Å². The molecule has 1 aliphatic heterocycles. The van der Waals surface area contributed by atoms with Crippen LogP contribution < -0.4 is 4.74 Å². The number of likely N-dealkylation sites (tertiary alicyclic amines) is 1. The molecule has 1 atom stereocenters. The molecule has 0 spiro atoms. The van der Waals surface area contributed by atoms with Crippen LogP contribution in [0.3, 0.4) is 0 Å². The molecule has 3 rings (SSSR count). The molecule has 0 saturated carbocycles. The molecule has 0 aliphatic carbocycles. The van der Waals surface area contributed by atoms with Gasteiger partial charge in [-0.25, -0.2) is 0 Å². The Labute approximate surface area is 137 Å². The SMILES string of the molecule is Cc1[nH]ncc1CN1CCCC(O)(COc2ccccc2)CC1. The molecule has 2 N–H and O–H groups in total. The predicted octanol–water partition coefficient (Wildman–Crippen LogP) is 2.51. The highest BCUT2D eigenvalue weighted by Gasteiger charge is 2.31. The van der Waals surface area contributed by atoms with Gasteiger partial charge in [0.1, 0.15) is 12.4 Å². The van der Waals surface area contributed by atoms with Gasteiger partial charge < -0.3 is 9.84 Å². The predicted molar refractivity (Wildman–Crippen MR) is 89.3 cm³/mol. The number of rotatable bonds is 5. The Hall–Kier alpha value is -1.85. The molecule has 1 saturated heterocycles. The van der Waals surface area contributed by atoms with Crippen LogP contribution in [0, 0.1) is 6.92 Å². The summed E-state index contributed by atoms with van der Waals surface area (Å²) >= 11 is 0. The summed E-state index contributed by atoms with van der Waals surface area (Å²) in [5.74, 6) is 0.816. The maximum atomic E-state index is 10.8. The number of aryl methyl sites for hydroxylation is 1. The lowest BCUT2D eigenvalue weighted by Crippen LogP contribution is -2.37. The molecule has 5 heteroatoms. The molecule has 1 unspecified atom stereocenters. The lowest BCUT2D eigenvalue weighted by atomic mass is 9.96. The van der Waals surface area contributed by atoms with Crippen molar-refractivity contribution < 1.29 is 9.84 Å². The number of aromatic nitrogens is 2. The maximum Gasteiger partial charge on any atom is 0.119 e. The standard InChI is InChI=1S/C18H25N3O2/c1-15-16(12-19-20-15)13-21-10-5-8-18(22,9-11-21)14-23-17-6-3-2-4-7-17/h2-4,6-7,12,22H,5,8-11,13-14H2,1H3,(H,19,20). The Balaban J connectivity index is 1.53. The van der Waals surface area contributed by atoms with Crippen LogP contribution in [0.1, 0.15) is 30.5 Å². The molecule has 1 fully saturated rings. The molecule has 0 amide bonds. The first kappa shape index (κ1) is 16.0. The third kappa shape index (κ3) is 4.33. The van der Waals surface area contributed by atoms with Crippen molar-refractivity contribution in [3.8, 4) is 5.75 Å². The summed E-state index contributed by atoms with van der Waals surface area (Å²) in [4.78, 5) is 2.39. The summed E-state index contributed by atoms with van der Waals surface area (Å²) < 4.78 is 5.78. The monoisotopic (exact) mass is 315 g/mol. The van der Waals surface area contributed by atoms with E-state index in [2.05, 4.69) is 15.1 Å². The summed E-state index contributed by atoms with van der Waals surface area (Å²) in [6.07, 6.45) is 4.38. The van der Waals surface area contributed by atoms with Gasteiger partial charge in [0, 0.05) is 24.3 Å². The highest BCUT2D eigenvalue weighted by Crippen LogP contribution is 2.25. The molecular weight excluding hydrogens is 290 g/mol. The number of hydrogen-bond donors (Lipinski definition) is 2. The smallest absolute Gasteiger partial charge is 0.119 e. The molecular formula is C18H25N3O2. The second-order valence-corrected chi connectivity index (χ2v) is 6.48. The van der Waals surface area contributed by atoms with Crippen molar-refractivity contribution >= 4 is 0 Å². The Morgan fingerprint density at radius 1 is 1.26 bits per heavy atom. The van der Waals surface area contributed by atoms with Crippen molar-refractivity contribution in [3.05, 3.63) is 47.8 Å². The van der Waals surface area contributed by atoms with Crippen LogP contribution in [0.5, 0.6) is 5.75 Å². The molecule has 2 aromatic rings. The zero-order valence-corrected chi connectivity index (χ0v) is 13.7. The highest BCUT2D eigenvalue weighted by atomic mass is 16.5. The van der Waals surface area contributed by atoms with Crippen molar-refractivity contribution in [2.75, 3.05) is 19.7 Å². The van der Waals surface area contributed by atoms with E-state index in [0.29, 0.717) is 6.61 Å².